The monoisotopic (exact) mass is 426 g/mol. The first-order valence-electron chi connectivity index (χ1n) is 10.1. The van der Waals surface area contributed by atoms with Crippen molar-refractivity contribution in [3.63, 3.8) is 0 Å². The van der Waals surface area contributed by atoms with Crippen molar-refractivity contribution in [1.82, 2.24) is 14.9 Å². The highest BCUT2D eigenvalue weighted by atomic mass is 32.1. The highest BCUT2D eigenvalue weighted by molar-refractivity contribution is 7.13. The Morgan fingerprint density at radius 2 is 2.07 bits per heavy atom. The predicted octanol–water partition coefficient (Wildman–Crippen LogP) is 3.82. The lowest BCUT2D eigenvalue weighted by molar-refractivity contribution is -0.116. The van der Waals surface area contributed by atoms with Gasteiger partial charge in [0.2, 0.25) is 5.91 Å². The topological polar surface area (TPSA) is 80.5 Å². The van der Waals surface area contributed by atoms with Crippen molar-refractivity contribution in [3.05, 3.63) is 52.5 Å². The second kappa shape index (κ2) is 9.51. The summed E-state index contributed by atoms with van der Waals surface area (Å²) in [5.74, 6) is 1.19. The number of ether oxygens (including phenoxy) is 1. The van der Waals surface area contributed by atoms with Crippen LogP contribution in [0, 0.1) is 13.8 Å². The van der Waals surface area contributed by atoms with E-state index in [1.54, 1.807) is 6.20 Å². The number of thiazole rings is 1. The molecule has 7 nitrogen and oxygen atoms in total. The molecule has 0 bridgehead atoms. The molecule has 1 aliphatic rings. The molecule has 30 heavy (non-hydrogen) atoms. The normalized spacial score (nSPS) is 14.7. The zero-order valence-corrected chi connectivity index (χ0v) is 18.1. The summed E-state index contributed by atoms with van der Waals surface area (Å²) in [6, 6.07) is 6.18. The molecule has 158 valence electrons. The van der Waals surface area contributed by atoms with Gasteiger partial charge in [-0.25, -0.2) is 9.97 Å². The molecule has 1 aliphatic heterocycles. The molecule has 1 saturated heterocycles. The van der Waals surface area contributed by atoms with E-state index >= 15 is 0 Å². The minimum atomic E-state index is -0.0896. The van der Waals surface area contributed by atoms with Gasteiger partial charge >= 0.3 is 0 Å². The maximum Gasteiger partial charge on any atom is 0.226 e. The second-order valence-electron chi connectivity index (χ2n) is 7.50. The Balaban J connectivity index is 1.27. The van der Waals surface area contributed by atoms with Crippen LogP contribution >= 0.6 is 11.3 Å². The van der Waals surface area contributed by atoms with Gasteiger partial charge in [0, 0.05) is 43.4 Å². The molecule has 0 aliphatic carbocycles. The molecule has 0 unspecified atom stereocenters. The van der Waals surface area contributed by atoms with Gasteiger partial charge in [-0.05, 0) is 31.0 Å². The van der Waals surface area contributed by atoms with E-state index in [-0.39, 0.29) is 5.91 Å². The number of nitrogens with one attached hydrogen (secondary N) is 1. The van der Waals surface area contributed by atoms with Crippen LogP contribution in [0.15, 0.2) is 34.2 Å². The summed E-state index contributed by atoms with van der Waals surface area (Å²) in [4.78, 5) is 23.4. The molecular weight excluding hydrogens is 400 g/mol. The number of carbonyl (C=O) groups is 1. The fourth-order valence-corrected chi connectivity index (χ4v) is 4.00. The number of aryl methyl sites for hydroxylation is 3. The smallest absolute Gasteiger partial charge is 0.226 e. The molecule has 1 amide bonds. The van der Waals surface area contributed by atoms with E-state index < -0.39 is 0 Å². The third kappa shape index (κ3) is 5.33. The van der Waals surface area contributed by atoms with Crippen LogP contribution in [0.25, 0.3) is 11.3 Å². The van der Waals surface area contributed by atoms with Crippen molar-refractivity contribution in [2.75, 3.05) is 31.6 Å². The zero-order valence-electron chi connectivity index (χ0n) is 17.3. The quantitative estimate of drug-likeness (QED) is 0.619. The molecule has 1 N–H and O–H groups in total. The number of hydrogen-bond acceptors (Lipinski definition) is 7. The van der Waals surface area contributed by atoms with E-state index in [2.05, 4.69) is 46.2 Å². The Kier molecular flexibility index (Phi) is 6.56. The Bertz CT molecular complexity index is 1010. The van der Waals surface area contributed by atoms with Gasteiger partial charge in [0.05, 0.1) is 25.1 Å². The molecule has 4 rings (SSSR count). The van der Waals surface area contributed by atoms with E-state index in [1.807, 2.05) is 11.4 Å². The molecule has 0 atom stereocenters. The fourth-order valence-electron chi connectivity index (χ4n) is 3.28. The van der Waals surface area contributed by atoms with Gasteiger partial charge in [0.25, 0.3) is 0 Å². The summed E-state index contributed by atoms with van der Waals surface area (Å²) < 4.78 is 11.2. The highest BCUT2D eigenvalue weighted by Crippen LogP contribution is 2.23. The number of benzene rings is 1. The predicted molar refractivity (Wildman–Crippen MR) is 117 cm³/mol. The Hall–Kier alpha value is -2.55. The molecule has 1 fully saturated rings. The van der Waals surface area contributed by atoms with E-state index in [9.17, 15) is 4.79 Å². The average Bonchev–Trinajstić information content (AvgIpc) is 3.39. The van der Waals surface area contributed by atoms with Gasteiger partial charge in [-0.3, -0.25) is 9.69 Å². The molecular formula is C22H26N4O3S. The zero-order chi connectivity index (χ0) is 20.9. The van der Waals surface area contributed by atoms with Gasteiger partial charge in [0.1, 0.15) is 0 Å². The van der Waals surface area contributed by atoms with Crippen LogP contribution in [0.3, 0.4) is 0 Å². The first kappa shape index (κ1) is 20.7. The summed E-state index contributed by atoms with van der Waals surface area (Å²) >= 11 is 1.45. The lowest BCUT2D eigenvalue weighted by Gasteiger charge is -2.25. The number of amides is 1. The lowest BCUT2D eigenvalue weighted by atomic mass is 10.1. The van der Waals surface area contributed by atoms with Gasteiger partial charge in [-0.1, -0.05) is 12.1 Å². The molecule has 3 heterocycles. The molecule has 2 aromatic heterocycles. The molecule has 1 aromatic carbocycles. The molecule has 0 radical (unpaired) electrons. The number of nitrogens with zero attached hydrogens (tertiary/aromatic N) is 3. The van der Waals surface area contributed by atoms with Crippen LogP contribution < -0.4 is 5.32 Å². The highest BCUT2D eigenvalue weighted by Gasteiger charge is 2.14. The maximum absolute atomic E-state index is 12.3. The van der Waals surface area contributed by atoms with Gasteiger partial charge in [0.15, 0.2) is 16.8 Å². The number of carbonyl (C=O) groups excluding carboxylic acids is 1. The van der Waals surface area contributed by atoms with Crippen LogP contribution in [-0.4, -0.2) is 47.1 Å². The van der Waals surface area contributed by atoms with E-state index in [0.717, 1.165) is 49.9 Å². The Morgan fingerprint density at radius 3 is 2.87 bits per heavy atom. The number of hydrogen-bond donors (Lipinski definition) is 1. The van der Waals surface area contributed by atoms with Crippen LogP contribution in [0.5, 0.6) is 0 Å². The Morgan fingerprint density at radius 1 is 1.23 bits per heavy atom. The van der Waals surface area contributed by atoms with Crippen LogP contribution in [0.1, 0.15) is 29.1 Å². The van der Waals surface area contributed by atoms with E-state index in [1.165, 1.54) is 22.5 Å². The molecule has 0 saturated carbocycles. The number of rotatable bonds is 7. The lowest BCUT2D eigenvalue weighted by Crippen LogP contribution is -2.35. The van der Waals surface area contributed by atoms with Crippen molar-refractivity contribution in [3.8, 4) is 11.3 Å². The average molecular weight is 427 g/mol. The first-order valence-corrected chi connectivity index (χ1v) is 11.0. The number of anilines is 1. The van der Waals surface area contributed by atoms with Crippen LogP contribution in [0.4, 0.5) is 5.13 Å². The van der Waals surface area contributed by atoms with Crippen LogP contribution in [-0.2, 0) is 22.5 Å². The van der Waals surface area contributed by atoms with Crippen molar-refractivity contribution in [2.45, 2.75) is 33.2 Å². The number of morpholine rings is 1. The van der Waals surface area contributed by atoms with Gasteiger partial charge < -0.3 is 14.5 Å². The summed E-state index contributed by atoms with van der Waals surface area (Å²) in [7, 11) is 0. The van der Waals surface area contributed by atoms with Gasteiger partial charge in [-0.2, -0.15) is 0 Å². The third-order valence-electron chi connectivity index (χ3n) is 5.20. The van der Waals surface area contributed by atoms with E-state index in [4.69, 9.17) is 9.15 Å². The van der Waals surface area contributed by atoms with Crippen molar-refractivity contribution < 1.29 is 13.9 Å². The van der Waals surface area contributed by atoms with E-state index in [0.29, 0.717) is 23.9 Å². The fraction of sp³-hybridized carbons (Fsp3) is 0.409. The number of oxazole rings is 1. The molecule has 8 heteroatoms. The summed E-state index contributed by atoms with van der Waals surface area (Å²) in [5.41, 5.74) is 4.42. The summed E-state index contributed by atoms with van der Waals surface area (Å²) in [5, 5.41) is 5.50. The molecule has 3 aromatic rings. The van der Waals surface area contributed by atoms with Crippen molar-refractivity contribution in [1.29, 1.82) is 0 Å². The second-order valence-corrected chi connectivity index (χ2v) is 8.36. The summed E-state index contributed by atoms with van der Waals surface area (Å²) in [6.45, 7) is 8.30. The minimum Gasteiger partial charge on any atom is -0.441 e. The Labute approximate surface area is 180 Å². The third-order valence-corrected chi connectivity index (χ3v) is 6.00. The van der Waals surface area contributed by atoms with Gasteiger partial charge in [-0.15, -0.1) is 11.3 Å². The summed E-state index contributed by atoms with van der Waals surface area (Å²) in [6.07, 6.45) is 2.46. The largest absolute Gasteiger partial charge is 0.441 e. The van der Waals surface area contributed by atoms with Crippen molar-refractivity contribution in [2.24, 2.45) is 0 Å². The maximum atomic E-state index is 12.3. The van der Waals surface area contributed by atoms with Crippen LogP contribution in [0.2, 0.25) is 0 Å². The first-order chi connectivity index (χ1) is 14.6. The number of aromatic nitrogens is 2. The SMILES string of the molecule is Cc1ccc(-c2cnc(CCC(=O)Nc3nc(CN4CCOCC4)cs3)o2)cc1C. The minimum absolute atomic E-state index is 0.0896. The standard InChI is InChI=1S/C22H26N4O3S/c1-15-3-4-17(11-16(15)2)19-12-23-21(29-19)6-5-20(27)25-22-24-18(14-30-22)13-26-7-9-28-10-8-26/h3-4,11-12,14H,5-10,13H2,1-2H3,(H,24,25,27). The van der Waals surface area contributed by atoms with Crippen molar-refractivity contribution >= 4 is 22.4 Å². The molecule has 0 spiro atoms.